The van der Waals surface area contributed by atoms with Crippen LogP contribution in [0.3, 0.4) is 0 Å². The molecule has 1 atom stereocenters. The van der Waals surface area contributed by atoms with Crippen molar-refractivity contribution in [1.29, 1.82) is 0 Å². The molecule has 0 bridgehead atoms. The van der Waals surface area contributed by atoms with Crippen molar-refractivity contribution in [1.82, 2.24) is 0 Å². The van der Waals surface area contributed by atoms with Crippen LogP contribution >= 0.6 is 0 Å². The Balaban J connectivity index is 1.91. The van der Waals surface area contributed by atoms with Crippen LogP contribution in [0.5, 0.6) is 5.75 Å². The second-order valence-electron chi connectivity index (χ2n) is 3.67. The van der Waals surface area contributed by atoms with Crippen molar-refractivity contribution in [2.45, 2.75) is 12.5 Å². The fourth-order valence-corrected chi connectivity index (χ4v) is 1.46. The minimum absolute atomic E-state index is 0.0852. The first-order chi connectivity index (χ1) is 9.06. The third kappa shape index (κ3) is 3.18. The largest absolute Gasteiger partial charge is 0.514 e. The third-order valence-corrected chi connectivity index (χ3v) is 2.37. The average Bonchev–Trinajstić information content (AvgIpc) is 2.75. The first-order valence-corrected chi connectivity index (χ1v) is 5.36. The summed E-state index contributed by atoms with van der Waals surface area (Å²) in [6.45, 7) is 0.203. The quantitative estimate of drug-likeness (QED) is 0.353. The van der Waals surface area contributed by atoms with E-state index in [2.05, 4.69) is 4.74 Å². The molecule has 0 amide bonds. The molecule has 0 aliphatic carbocycles. The predicted molar refractivity (Wildman–Crippen MR) is 59.6 cm³/mol. The van der Waals surface area contributed by atoms with Gasteiger partial charge >= 0.3 is 12.1 Å². The van der Waals surface area contributed by atoms with Crippen LogP contribution in [-0.2, 0) is 14.3 Å². The maximum atomic E-state index is 11.3. The summed E-state index contributed by atoms with van der Waals surface area (Å²) < 4.78 is 14.1. The monoisotopic (exact) mass is 267 g/mol. The van der Waals surface area contributed by atoms with Gasteiger partial charge in [-0.1, -0.05) is 0 Å². The van der Waals surface area contributed by atoms with Crippen LogP contribution in [0.2, 0.25) is 0 Å². The number of rotatable bonds is 3. The highest BCUT2D eigenvalue weighted by Crippen LogP contribution is 2.18. The van der Waals surface area contributed by atoms with Gasteiger partial charge in [0.1, 0.15) is 5.75 Å². The van der Waals surface area contributed by atoms with E-state index in [4.69, 9.17) is 9.47 Å². The molecule has 8 nitrogen and oxygen atoms in total. The number of ether oxygens (including phenoxy) is 3. The molecule has 2 rings (SSSR count). The lowest BCUT2D eigenvalue weighted by Crippen LogP contribution is -2.24. The molecule has 0 radical (unpaired) electrons. The molecule has 1 aromatic carbocycles. The summed E-state index contributed by atoms with van der Waals surface area (Å²) in [5, 5.41) is 10.4. The number of cyclic esters (lactones) is 1. The second kappa shape index (κ2) is 5.34. The number of carbonyl (C=O) groups is 2. The Labute approximate surface area is 107 Å². The number of esters is 1. The molecular weight excluding hydrogens is 258 g/mol. The SMILES string of the molecule is O=C(Oc1ccc([N+](=O)[O-])cc1)O[C@@H]1CCOC1=O. The van der Waals surface area contributed by atoms with E-state index in [-0.39, 0.29) is 24.5 Å². The summed E-state index contributed by atoms with van der Waals surface area (Å²) >= 11 is 0. The van der Waals surface area contributed by atoms with Gasteiger partial charge in [-0.05, 0) is 12.1 Å². The number of nitro benzene ring substituents is 1. The topological polar surface area (TPSA) is 105 Å². The summed E-state index contributed by atoms with van der Waals surface area (Å²) in [6, 6.07) is 4.89. The van der Waals surface area contributed by atoms with E-state index in [1.165, 1.54) is 24.3 Å². The summed E-state index contributed by atoms with van der Waals surface area (Å²) in [5.41, 5.74) is -0.125. The van der Waals surface area contributed by atoms with Crippen molar-refractivity contribution in [2.75, 3.05) is 6.61 Å². The number of carbonyl (C=O) groups excluding carboxylic acids is 2. The van der Waals surface area contributed by atoms with Gasteiger partial charge in [0.2, 0.25) is 6.10 Å². The minimum atomic E-state index is -1.06. The lowest BCUT2D eigenvalue weighted by Gasteiger charge is -2.08. The summed E-state index contributed by atoms with van der Waals surface area (Å²) in [4.78, 5) is 32.2. The van der Waals surface area contributed by atoms with Gasteiger partial charge in [0.15, 0.2) is 0 Å². The summed E-state index contributed by atoms with van der Waals surface area (Å²) in [6.07, 6.45) is -1.72. The maximum Gasteiger partial charge on any atom is 0.514 e. The standard InChI is InChI=1S/C11H9NO7/c13-10-9(5-6-17-10)19-11(14)18-8-3-1-7(2-4-8)12(15)16/h1-4,9H,5-6H2/t9-/m1/s1. The van der Waals surface area contributed by atoms with E-state index >= 15 is 0 Å². The lowest BCUT2D eigenvalue weighted by atomic mass is 10.3. The van der Waals surface area contributed by atoms with E-state index in [0.29, 0.717) is 0 Å². The van der Waals surface area contributed by atoms with Crippen LogP contribution < -0.4 is 4.74 Å². The third-order valence-electron chi connectivity index (χ3n) is 2.37. The number of hydrogen-bond acceptors (Lipinski definition) is 7. The molecule has 1 saturated heterocycles. The Bertz CT molecular complexity index is 510. The smallest absolute Gasteiger partial charge is 0.463 e. The Kier molecular flexibility index (Phi) is 3.60. The number of non-ortho nitro benzene ring substituents is 1. The molecule has 1 aliphatic rings. The minimum Gasteiger partial charge on any atom is -0.463 e. The fraction of sp³-hybridized carbons (Fsp3) is 0.273. The molecule has 8 heteroatoms. The molecular formula is C11H9NO7. The van der Waals surface area contributed by atoms with Crippen molar-refractivity contribution in [2.24, 2.45) is 0 Å². The van der Waals surface area contributed by atoms with Crippen LogP contribution in [0, 0.1) is 10.1 Å². The van der Waals surface area contributed by atoms with Gasteiger partial charge < -0.3 is 14.2 Å². The van der Waals surface area contributed by atoms with Crippen LogP contribution in [0.1, 0.15) is 6.42 Å². The molecule has 100 valence electrons. The van der Waals surface area contributed by atoms with Gasteiger partial charge in [-0.2, -0.15) is 0 Å². The summed E-state index contributed by atoms with van der Waals surface area (Å²) in [7, 11) is 0. The van der Waals surface area contributed by atoms with Crippen molar-refractivity contribution >= 4 is 17.8 Å². The number of benzene rings is 1. The number of hydrogen-bond donors (Lipinski definition) is 0. The maximum absolute atomic E-state index is 11.3. The summed E-state index contributed by atoms with van der Waals surface area (Å²) in [5.74, 6) is -0.525. The number of nitro groups is 1. The van der Waals surface area contributed by atoms with Gasteiger partial charge in [0, 0.05) is 18.6 Å². The van der Waals surface area contributed by atoms with E-state index in [1.54, 1.807) is 0 Å². The van der Waals surface area contributed by atoms with Gasteiger partial charge in [-0.25, -0.2) is 9.59 Å². The van der Waals surface area contributed by atoms with Gasteiger partial charge in [0.25, 0.3) is 5.69 Å². The van der Waals surface area contributed by atoms with Crippen LogP contribution in [-0.4, -0.2) is 29.8 Å². The molecule has 0 saturated carbocycles. The molecule has 1 fully saturated rings. The molecule has 1 aliphatic heterocycles. The Hall–Kier alpha value is -2.64. The van der Waals surface area contributed by atoms with Crippen LogP contribution in [0.4, 0.5) is 10.5 Å². The van der Waals surface area contributed by atoms with Crippen molar-refractivity contribution in [3.8, 4) is 5.75 Å². The molecule has 1 heterocycles. The van der Waals surface area contributed by atoms with Crippen LogP contribution in [0.25, 0.3) is 0 Å². The number of nitrogens with zero attached hydrogens (tertiary/aromatic N) is 1. The van der Waals surface area contributed by atoms with Crippen LogP contribution in [0.15, 0.2) is 24.3 Å². The lowest BCUT2D eigenvalue weighted by molar-refractivity contribution is -0.384. The van der Waals surface area contributed by atoms with E-state index < -0.39 is 23.2 Å². The zero-order valence-electron chi connectivity index (χ0n) is 9.61. The molecule has 0 unspecified atom stereocenters. The Morgan fingerprint density at radius 1 is 1.37 bits per heavy atom. The predicted octanol–water partition coefficient (Wildman–Crippen LogP) is 1.43. The highest BCUT2D eigenvalue weighted by molar-refractivity contribution is 5.79. The molecule has 1 aromatic rings. The van der Waals surface area contributed by atoms with Crippen molar-refractivity contribution < 1.29 is 28.7 Å². The highest BCUT2D eigenvalue weighted by atomic mass is 16.7. The van der Waals surface area contributed by atoms with Crippen molar-refractivity contribution in [3.05, 3.63) is 34.4 Å². The molecule has 19 heavy (non-hydrogen) atoms. The van der Waals surface area contributed by atoms with Gasteiger partial charge in [0.05, 0.1) is 11.5 Å². The van der Waals surface area contributed by atoms with E-state index in [1.807, 2.05) is 0 Å². The first-order valence-electron chi connectivity index (χ1n) is 5.36. The zero-order valence-corrected chi connectivity index (χ0v) is 9.61. The van der Waals surface area contributed by atoms with E-state index in [9.17, 15) is 19.7 Å². The average molecular weight is 267 g/mol. The van der Waals surface area contributed by atoms with Crippen molar-refractivity contribution in [3.63, 3.8) is 0 Å². The van der Waals surface area contributed by atoms with Gasteiger partial charge in [-0.3, -0.25) is 10.1 Å². The second-order valence-corrected chi connectivity index (χ2v) is 3.67. The molecule has 0 spiro atoms. The zero-order chi connectivity index (χ0) is 13.8. The first kappa shape index (κ1) is 12.8. The van der Waals surface area contributed by atoms with Gasteiger partial charge in [-0.15, -0.1) is 0 Å². The molecule has 0 N–H and O–H groups in total. The Morgan fingerprint density at radius 3 is 2.58 bits per heavy atom. The Morgan fingerprint density at radius 2 is 2.05 bits per heavy atom. The molecule has 0 aromatic heterocycles. The fourth-order valence-electron chi connectivity index (χ4n) is 1.46. The van der Waals surface area contributed by atoms with E-state index in [0.717, 1.165) is 0 Å². The highest BCUT2D eigenvalue weighted by Gasteiger charge is 2.31. The normalized spacial score (nSPS) is 17.7.